The second-order valence-corrected chi connectivity index (χ2v) is 8.94. The molecule has 1 aliphatic rings. The van der Waals surface area contributed by atoms with E-state index in [0.29, 0.717) is 28.1 Å². The summed E-state index contributed by atoms with van der Waals surface area (Å²) in [5.41, 5.74) is 1.82. The van der Waals surface area contributed by atoms with Gasteiger partial charge in [-0.1, -0.05) is 55.3 Å². The Morgan fingerprint density at radius 1 is 1.18 bits per heavy atom. The van der Waals surface area contributed by atoms with E-state index >= 15 is 0 Å². The second-order valence-electron chi connectivity index (χ2n) is 8.09. The molecule has 5 nitrogen and oxygen atoms in total. The highest BCUT2D eigenvalue weighted by atomic mass is 79.9. The molecule has 168 valence electrons. The van der Waals surface area contributed by atoms with Crippen LogP contribution in [-0.2, 0) is 11.4 Å². The maximum absolute atomic E-state index is 12.5. The van der Waals surface area contributed by atoms with Crippen molar-refractivity contribution >= 4 is 38.7 Å². The third-order valence-corrected chi connectivity index (χ3v) is 6.46. The van der Waals surface area contributed by atoms with Crippen LogP contribution in [0.5, 0.6) is 11.5 Å². The highest BCUT2D eigenvalue weighted by molar-refractivity contribution is 9.10. The number of nitrogens with one attached hydrogen (secondary N) is 1. The molecule has 4 rings (SSSR count). The lowest BCUT2D eigenvalue weighted by molar-refractivity contribution is -0.117. The highest BCUT2D eigenvalue weighted by Gasteiger charge is 2.20. The van der Waals surface area contributed by atoms with Crippen LogP contribution < -0.4 is 14.8 Å². The Morgan fingerprint density at radius 3 is 2.70 bits per heavy atom. The van der Waals surface area contributed by atoms with Crippen molar-refractivity contribution < 1.29 is 14.3 Å². The van der Waals surface area contributed by atoms with E-state index in [4.69, 9.17) is 9.47 Å². The summed E-state index contributed by atoms with van der Waals surface area (Å²) in [6.07, 6.45) is 5.73. The molecule has 0 heterocycles. The average Bonchev–Trinajstić information content (AvgIpc) is 3.34. The fourth-order valence-corrected chi connectivity index (χ4v) is 4.75. The maximum atomic E-state index is 12.5. The summed E-state index contributed by atoms with van der Waals surface area (Å²) < 4.78 is 12.4. The standard InChI is InChI=1S/C27H25BrN2O3/c1-32-25-15-18(13-21(16-29)27(31)30-22-10-3-4-11-22)14-24(28)26(25)33-17-20-9-6-8-19-7-2-5-12-23(19)20/h2,5-9,12-15,22H,3-4,10-11,17H2,1H3,(H,30,31)/b21-13+. The first-order valence-corrected chi connectivity index (χ1v) is 11.8. The minimum Gasteiger partial charge on any atom is -0.493 e. The van der Waals surface area contributed by atoms with Gasteiger partial charge < -0.3 is 14.8 Å². The topological polar surface area (TPSA) is 71.3 Å². The molecule has 1 N–H and O–H groups in total. The largest absolute Gasteiger partial charge is 0.493 e. The van der Waals surface area contributed by atoms with E-state index < -0.39 is 0 Å². The Hall–Kier alpha value is -3.30. The number of carbonyl (C=O) groups is 1. The smallest absolute Gasteiger partial charge is 0.262 e. The van der Waals surface area contributed by atoms with Crippen molar-refractivity contribution in [3.8, 4) is 17.6 Å². The molecule has 0 atom stereocenters. The summed E-state index contributed by atoms with van der Waals surface area (Å²) in [6, 6.07) is 20.1. The van der Waals surface area contributed by atoms with Gasteiger partial charge in [0.2, 0.25) is 0 Å². The summed E-state index contributed by atoms with van der Waals surface area (Å²) in [4.78, 5) is 12.5. The average molecular weight is 505 g/mol. The predicted octanol–water partition coefficient (Wildman–Crippen LogP) is 6.16. The Labute approximate surface area is 202 Å². The fourth-order valence-electron chi connectivity index (χ4n) is 4.18. The molecule has 0 unspecified atom stereocenters. The zero-order chi connectivity index (χ0) is 23.2. The van der Waals surface area contributed by atoms with Crippen LogP contribution in [0.3, 0.4) is 0 Å². The second kappa shape index (κ2) is 10.5. The summed E-state index contributed by atoms with van der Waals surface area (Å²) in [7, 11) is 1.57. The summed E-state index contributed by atoms with van der Waals surface area (Å²) in [5, 5.41) is 14.8. The van der Waals surface area contributed by atoms with Crippen molar-refractivity contribution in [1.82, 2.24) is 5.32 Å². The Bertz CT molecular complexity index is 1230. The van der Waals surface area contributed by atoms with E-state index in [0.717, 1.165) is 42.0 Å². The van der Waals surface area contributed by atoms with Crippen molar-refractivity contribution in [2.45, 2.75) is 38.3 Å². The van der Waals surface area contributed by atoms with Crippen molar-refractivity contribution in [3.63, 3.8) is 0 Å². The molecule has 6 heteroatoms. The fraction of sp³-hybridized carbons (Fsp3) is 0.259. The SMILES string of the molecule is COc1cc(/C=C(\C#N)C(=O)NC2CCCC2)cc(Br)c1OCc1cccc2ccccc12. The molecule has 0 spiro atoms. The number of fused-ring (bicyclic) bond motifs is 1. The van der Waals surface area contributed by atoms with Crippen LogP contribution in [0.25, 0.3) is 16.8 Å². The van der Waals surface area contributed by atoms with Gasteiger partial charge in [-0.25, -0.2) is 0 Å². The number of amides is 1. The lowest BCUT2D eigenvalue weighted by Gasteiger charge is -2.15. The number of methoxy groups -OCH3 is 1. The summed E-state index contributed by atoms with van der Waals surface area (Å²) in [5.74, 6) is 0.747. The van der Waals surface area contributed by atoms with Gasteiger partial charge in [-0.3, -0.25) is 4.79 Å². The number of rotatable bonds is 7. The molecule has 3 aromatic carbocycles. The Balaban J connectivity index is 1.55. The van der Waals surface area contributed by atoms with Gasteiger partial charge in [0.1, 0.15) is 18.2 Å². The van der Waals surface area contributed by atoms with Gasteiger partial charge in [0.25, 0.3) is 5.91 Å². The number of carbonyl (C=O) groups excluding carboxylic acids is 1. The first kappa shape index (κ1) is 22.9. The first-order chi connectivity index (χ1) is 16.1. The molecule has 1 saturated carbocycles. The van der Waals surface area contributed by atoms with Gasteiger partial charge in [0.05, 0.1) is 11.6 Å². The highest BCUT2D eigenvalue weighted by Crippen LogP contribution is 2.38. The van der Waals surface area contributed by atoms with Gasteiger partial charge in [-0.15, -0.1) is 0 Å². The minimum atomic E-state index is -0.337. The number of ether oxygens (including phenoxy) is 2. The Kier molecular flexibility index (Phi) is 7.31. The number of nitriles is 1. The molecule has 0 radical (unpaired) electrons. The van der Waals surface area contributed by atoms with Crippen LogP contribution in [0.15, 0.2) is 64.6 Å². The number of nitrogens with zero attached hydrogens (tertiary/aromatic N) is 1. The lowest BCUT2D eigenvalue weighted by atomic mass is 10.1. The van der Waals surface area contributed by atoms with Crippen LogP contribution in [-0.4, -0.2) is 19.1 Å². The molecular weight excluding hydrogens is 480 g/mol. The summed E-state index contributed by atoms with van der Waals surface area (Å²) in [6.45, 7) is 0.374. The first-order valence-electron chi connectivity index (χ1n) is 11.0. The van der Waals surface area contributed by atoms with E-state index in [-0.39, 0.29) is 17.5 Å². The third kappa shape index (κ3) is 5.37. The van der Waals surface area contributed by atoms with Gasteiger partial charge in [0, 0.05) is 6.04 Å². The van der Waals surface area contributed by atoms with E-state index in [1.807, 2.05) is 36.4 Å². The number of hydrogen-bond acceptors (Lipinski definition) is 4. The molecule has 3 aromatic rings. The quantitative estimate of drug-likeness (QED) is 0.309. The van der Waals surface area contributed by atoms with Gasteiger partial charge >= 0.3 is 0 Å². The Morgan fingerprint density at radius 2 is 1.94 bits per heavy atom. The van der Waals surface area contributed by atoms with Gasteiger partial charge in [-0.2, -0.15) is 5.26 Å². The zero-order valence-corrected chi connectivity index (χ0v) is 20.0. The monoisotopic (exact) mass is 504 g/mol. The molecule has 0 bridgehead atoms. The molecule has 33 heavy (non-hydrogen) atoms. The number of halogens is 1. The van der Waals surface area contributed by atoms with E-state index in [9.17, 15) is 10.1 Å². The molecule has 1 amide bonds. The van der Waals surface area contributed by atoms with Gasteiger partial charge in [0.15, 0.2) is 11.5 Å². The van der Waals surface area contributed by atoms with Crippen LogP contribution in [0.1, 0.15) is 36.8 Å². The molecule has 0 aromatic heterocycles. The molecule has 1 aliphatic carbocycles. The normalized spacial score (nSPS) is 14.2. The predicted molar refractivity (Wildman–Crippen MR) is 133 cm³/mol. The zero-order valence-electron chi connectivity index (χ0n) is 18.4. The van der Waals surface area contributed by atoms with Crippen LogP contribution in [0, 0.1) is 11.3 Å². The van der Waals surface area contributed by atoms with E-state index in [1.165, 1.54) is 0 Å². The van der Waals surface area contributed by atoms with Crippen LogP contribution in [0.2, 0.25) is 0 Å². The number of benzene rings is 3. The third-order valence-electron chi connectivity index (χ3n) is 5.87. The van der Waals surface area contributed by atoms with Crippen molar-refractivity contribution in [1.29, 1.82) is 5.26 Å². The lowest BCUT2D eigenvalue weighted by Crippen LogP contribution is -2.33. The number of hydrogen-bond donors (Lipinski definition) is 1. The van der Waals surface area contributed by atoms with Crippen LogP contribution in [0.4, 0.5) is 0 Å². The molecule has 0 saturated heterocycles. The van der Waals surface area contributed by atoms with Crippen molar-refractivity contribution in [3.05, 3.63) is 75.8 Å². The molecular formula is C27H25BrN2O3. The van der Waals surface area contributed by atoms with Gasteiger partial charge in [-0.05, 0) is 68.9 Å². The molecule has 1 fully saturated rings. The van der Waals surface area contributed by atoms with Crippen LogP contribution >= 0.6 is 15.9 Å². The van der Waals surface area contributed by atoms with E-state index in [2.05, 4.69) is 39.4 Å². The molecule has 0 aliphatic heterocycles. The van der Waals surface area contributed by atoms with Crippen molar-refractivity contribution in [2.24, 2.45) is 0 Å². The van der Waals surface area contributed by atoms with Crippen molar-refractivity contribution in [2.75, 3.05) is 7.11 Å². The summed E-state index contributed by atoms with van der Waals surface area (Å²) >= 11 is 3.56. The van der Waals surface area contributed by atoms with E-state index in [1.54, 1.807) is 19.3 Å². The maximum Gasteiger partial charge on any atom is 0.262 e. The minimum absolute atomic E-state index is 0.0697.